The first-order chi connectivity index (χ1) is 15.9. The molecule has 1 aliphatic heterocycles. The number of benzene rings is 1. The van der Waals surface area contributed by atoms with Crippen LogP contribution in [-0.2, 0) is 4.79 Å². The Labute approximate surface area is 210 Å². The van der Waals surface area contributed by atoms with E-state index in [-0.39, 0.29) is 29.3 Å². The largest absolute Gasteiger partial charge is 0.353 e. The molecule has 3 amide bonds. The Hall–Kier alpha value is -2.52. The molecule has 1 atom stereocenters. The maximum atomic E-state index is 12.6. The topological polar surface area (TPSA) is 90.5 Å². The average Bonchev–Trinajstić information content (AvgIpc) is 2.73. The van der Waals surface area contributed by atoms with Gasteiger partial charge in [-0.3, -0.25) is 4.79 Å². The van der Waals surface area contributed by atoms with Crippen molar-refractivity contribution in [3.63, 3.8) is 0 Å². The van der Waals surface area contributed by atoms with E-state index in [0.717, 1.165) is 11.3 Å². The molecule has 1 aliphatic rings. The number of carbonyl (C=O) groups excluding carboxylic acids is 2. The van der Waals surface area contributed by atoms with E-state index < -0.39 is 0 Å². The molecule has 184 valence electrons. The van der Waals surface area contributed by atoms with Gasteiger partial charge in [-0.2, -0.15) is 0 Å². The summed E-state index contributed by atoms with van der Waals surface area (Å²) in [5.74, 6) is 0.731. The third-order valence-electron chi connectivity index (χ3n) is 5.48. The van der Waals surface area contributed by atoms with Gasteiger partial charge in [-0.1, -0.05) is 29.4 Å². The number of halogens is 1. The van der Waals surface area contributed by atoms with Crippen LogP contribution in [0.4, 0.5) is 16.3 Å². The molecule has 8 nitrogen and oxygen atoms in total. The molecular weight excluding hydrogens is 472 g/mol. The van der Waals surface area contributed by atoms with Crippen LogP contribution < -0.4 is 15.5 Å². The van der Waals surface area contributed by atoms with Crippen molar-refractivity contribution in [2.75, 3.05) is 35.6 Å². The van der Waals surface area contributed by atoms with Gasteiger partial charge in [0.1, 0.15) is 11.0 Å². The monoisotopic (exact) mass is 504 g/mol. The van der Waals surface area contributed by atoms with Gasteiger partial charge in [-0.15, -0.1) is 0 Å². The second-order valence-corrected chi connectivity index (χ2v) is 11.0. The van der Waals surface area contributed by atoms with Gasteiger partial charge in [0.25, 0.3) is 0 Å². The summed E-state index contributed by atoms with van der Waals surface area (Å²) in [6.45, 7) is 13.8. The van der Waals surface area contributed by atoms with Crippen LogP contribution in [0.25, 0.3) is 0 Å². The van der Waals surface area contributed by atoms with E-state index in [4.69, 9.17) is 11.6 Å². The van der Waals surface area contributed by atoms with Crippen molar-refractivity contribution in [2.24, 2.45) is 0 Å². The lowest BCUT2D eigenvalue weighted by Gasteiger charge is -2.41. The van der Waals surface area contributed by atoms with Gasteiger partial charge < -0.3 is 20.4 Å². The van der Waals surface area contributed by atoms with E-state index in [1.807, 2.05) is 64.6 Å². The van der Waals surface area contributed by atoms with Gasteiger partial charge in [0.05, 0.1) is 5.75 Å². The number of carbonyl (C=O) groups is 2. The summed E-state index contributed by atoms with van der Waals surface area (Å²) in [4.78, 5) is 37.9. The Morgan fingerprint density at radius 2 is 1.88 bits per heavy atom. The number of thioether (sulfide) groups is 1. The van der Waals surface area contributed by atoms with Gasteiger partial charge in [0.2, 0.25) is 5.91 Å². The fourth-order valence-corrected chi connectivity index (χ4v) is 4.50. The smallest absolute Gasteiger partial charge is 0.318 e. The van der Waals surface area contributed by atoms with Crippen LogP contribution in [0.5, 0.6) is 0 Å². The number of nitrogens with one attached hydrogen (secondary N) is 2. The summed E-state index contributed by atoms with van der Waals surface area (Å²) in [5.41, 5.74) is 2.78. The minimum Gasteiger partial charge on any atom is -0.353 e. The third-order valence-corrected chi connectivity index (χ3v) is 6.52. The lowest BCUT2D eigenvalue weighted by atomic mass is 10.1. The van der Waals surface area contributed by atoms with Crippen molar-refractivity contribution >= 4 is 46.8 Å². The summed E-state index contributed by atoms with van der Waals surface area (Å²) in [7, 11) is 0. The number of hydrogen-bond donors (Lipinski definition) is 2. The summed E-state index contributed by atoms with van der Waals surface area (Å²) < 4.78 is 0. The zero-order valence-corrected chi connectivity index (χ0v) is 22.2. The zero-order chi connectivity index (χ0) is 25.0. The number of rotatable bonds is 5. The molecule has 0 spiro atoms. The molecule has 0 bridgehead atoms. The van der Waals surface area contributed by atoms with Gasteiger partial charge in [0, 0.05) is 43.0 Å². The standard InChI is InChI=1S/C24H33ClN6O2S/c1-15-7-8-18(11-16(15)2)26-21(32)14-34-22-27-19(25)12-20(28-22)30-9-10-31(17(3)13-30)23(33)29-24(4,5)6/h7-8,11-12,17H,9-10,13-14H2,1-6H3,(H,26,32)(H,29,33). The molecule has 1 fully saturated rings. The van der Waals surface area contributed by atoms with Crippen molar-refractivity contribution in [3.05, 3.63) is 40.5 Å². The van der Waals surface area contributed by atoms with Crippen LogP contribution in [0, 0.1) is 13.8 Å². The number of hydrogen-bond acceptors (Lipinski definition) is 6. The number of urea groups is 1. The fourth-order valence-electron chi connectivity index (χ4n) is 3.62. The number of aryl methyl sites for hydroxylation is 2. The summed E-state index contributed by atoms with van der Waals surface area (Å²) in [6.07, 6.45) is 0. The van der Waals surface area contributed by atoms with Gasteiger partial charge in [0.15, 0.2) is 5.16 Å². The van der Waals surface area contributed by atoms with E-state index in [9.17, 15) is 9.59 Å². The highest BCUT2D eigenvalue weighted by Gasteiger charge is 2.30. The van der Waals surface area contributed by atoms with Crippen LogP contribution in [0.2, 0.25) is 5.15 Å². The molecule has 3 rings (SSSR count). The van der Waals surface area contributed by atoms with Crippen LogP contribution in [0.3, 0.4) is 0 Å². The molecule has 0 saturated carbocycles. The minimum atomic E-state index is -0.287. The summed E-state index contributed by atoms with van der Waals surface area (Å²) >= 11 is 7.51. The maximum Gasteiger partial charge on any atom is 0.318 e. The quantitative estimate of drug-likeness (QED) is 0.354. The van der Waals surface area contributed by atoms with E-state index in [0.29, 0.717) is 35.8 Å². The summed E-state index contributed by atoms with van der Waals surface area (Å²) in [5, 5.41) is 6.70. The van der Waals surface area contributed by atoms with Crippen molar-refractivity contribution in [1.82, 2.24) is 20.2 Å². The highest BCUT2D eigenvalue weighted by molar-refractivity contribution is 7.99. The molecule has 2 N–H and O–H groups in total. The Balaban J connectivity index is 1.60. The molecule has 1 aromatic heterocycles. The van der Waals surface area contributed by atoms with Gasteiger partial charge >= 0.3 is 6.03 Å². The van der Waals surface area contributed by atoms with Crippen molar-refractivity contribution in [2.45, 2.75) is 58.3 Å². The number of aromatic nitrogens is 2. The molecule has 1 unspecified atom stereocenters. The Morgan fingerprint density at radius 3 is 2.53 bits per heavy atom. The van der Waals surface area contributed by atoms with Crippen molar-refractivity contribution in [1.29, 1.82) is 0 Å². The second kappa shape index (κ2) is 10.8. The lowest BCUT2D eigenvalue weighted by molar-refractivity contribution is -0.113. The molecule has 2 heterocycles. The molecule has 1 aromatic carbocycles. The number of amides is 3. The third kappa shape index (κ3) is 7.24. The molecule has 0 aliphatic carbocycles. The zero-order valence-electron chi connectivity index (χ0n) is 20.6. The Bertz CT molecular complexity index is 1060. The van der Waals surface area contributed by atoms with Crippen LogP contribution in [0.1, 0.15) is 38.8 Å². The normalized spacial score (nSPS) is 16.4. The van der Waals surface area contributed by atoms with Gasteiger partial charge in [-0.25, -0.2) is 14.8 Å². The molecule has 0 radical (unpaired) electrons. The fraction of sp³-hybridized carbons (Fsp3) is 0.500. The van der Waals surface area contributed by atoms with Crippen LogP contribution in [0.15, 0.2) is 29.4 Å². The van der Waals surface area contributed by atoms with Gasteiger partial charge in [-0.05, 0) is 64.8 Å². The van der Waals surface area contributed by atoms with Crippen molar-refractivity contribution in [3.8, 4) is 0 Å². The SMILES string of the molecule is Cc1ccc(NC(=O)CSc2nc(Cl)cc(N3CCN(C(=O)NC(C)(C)C)C(C)C3)n2)cc1C. The van der Waals surface area contributed by atoms with Crippen molar-refractivity contribution < 1.29 is 9.59 Å². The Morgan fingerprint density at radius 1 is 1.15 bits per heavy atom. The van der Waals surface area contributed by atoms with E-state index in [2.05, 4.69) is 25.5 Å². The minimum absolute atomic E-state index is 0.00434. The molecule has 10 heteroatoms. The number of nitrogens with zero attached hydrogens (tertiary/aromatic N) is 4. The first-order valence-corrected chi connectivity index (χ1v) is 12.7. The van der Waals surface area contributed by atoms with E-state index in [1.54, 1.807) is 6.07 Å². The highest BCUT2D eigenvalue weighted by Crippen LogP contribution is 2.24. The molecule has 2 aromatic rings. The number of piperazine rings is 1. The predicted octanol–water partition coefficient (Wildman–Crippen LogP) is 4.50. The second-order valence-electron chi connectivity index (χ2n) is 9.64. The summed E-state index contributed by atoms with van der Waals surface area (Å²) in [6, 6.07) is 7.49. The lowest BCUT2D eigenvalue weighted by Crippen LogP contribution is -2.59. The predicted molar refractivity (Wildman–Crippen MR) is 139 cm³/mol. The molecule has 34 heavy (non-hydrogen) atoms. The van der Waals surface area contributed by atoms with E-state index >= 15 is 0 Å². The van der Waals surface area contributed by atoms with Crippen LogP contribution >= 0.6 is 23.4 Å². The molecular formula is C24H33ClN6O2S. The van der Waals surface area contributed by atoms with E-state index in [1.165, 1.54) is 17.3 Å². The molecule has 1 saturated heterocycles. The average molecular weight is 505 g/mol. The maximum absolute atomic E-state index is 12.6. The first kappa shape index (κ1) is 26.1. The Kier molecular flexibility index (Phi) is 8.30. The number of anilines is 2. The first-order valence-electron chi connectivity index (χ1n) is 11.3. The highest BCUT2D eigenvalue weighted by atomic mass is 35.5. The van der Waals surface area contributed by atoms with Crippen LogP contribution in [-0.4, -0.2) is 63.8 Å².